The standard InChI is InChI=1S/C16H23NO2.ClH/c1-2-19-16(18)5-3-4-12-6-7-13-8-9-15(17)11-14(13)10-12;/h6-7,10,15H,2-5,8-9,11,17H2,1H3;1H. The van der Waals surface area contributed by atoms with Crippen LogP contribution in [-0.4, -0.2) is 18.6 Å². The molecule has 0 amide bonds. The molecule has 0 bridgehead atoms. The van der Waals surface area contributed by atoms with Gasteiger partial charge in [0.1, 0.15) is 0 Å². The maximum atomic E-state index is 11.3. The van der Waals surface area contributed by atoms with E-state index in [1.807, 2.05) is 6.92 Å². The van der Waals surface area contributed by atoms with E-state index in [0.29, 0.717) is 19.1 Å². The third-order valence-corrected chi connectivity index (χ3v) is 3.69. The van der Waals surface area contributed by atoms with Crippen molar-refractivity contribution in [2.75, 3.05) is 6.61 Å². The highest BCUT2D eigenvalue weighted by molar-refractivity contribution is 5.85. The zero-order valence-corrected chi connectivity index (χ0v) is 12.9. The first-order chi connectivity index (χ1) is 9.19. The molecule has 0 saturated heterocycles. The normalized spacial score (nSPS) is 17.0. The maximum absolute atomic E-state index is 11.3. The van der Waals surface area contributed by atoms with Gasteiger partial charge < -0.3 is 10.5 Å². The fourth-order valence-corrected chi connectivity index (χ4v) is 2.66. The molecule has 1 aromatic rings. The molecule has 112 valence electrons. The molecule has 2 N–H and O–H groups in total. The average Bonchev–Trinajstić information content (AvgIpc) is 2.38. The van der Waals surface area contributed by atoms with Crippen molar-refractivity contribution in [2.45, 2.75) is 51.5 Å². The summed E-state index contributed by atoms with van der Waals surface area (Å²) in [5.41, 5.74) is 10.2. The number of aryl methyl sites for hydroxylation is 2. The van der Waals surface area contributed by atoms with E-state index in [0.717, 1.165) is 32.1 Å². The highest BCUT2D eigenvalue weighted by Gasteiger charge is 2.15. The van der Waals surface area contributed by atoms with Crippen LogP contribution in [0, 0.1) is 0 Å². The van der Waals surface area contributed by atoms with Crippen LogP contribution in [0.15, 0.2) is 18.2 Å². The summed E-state index contributed by atoms with van der Waals surface area (Å²) in [6, 6.07) is 6.98. The molecule has 1 atom stereocenters. The lowest BCUT2D eigenvalue weighted by atomic mass is 9.87. The maximum Gasteiger partial charge on any atom is 0.305 e. The zero-order chi connectivity index (χ0) is 13.7. The van der Waals surface area contributed by atoms with E-state index in [4.69, 9.17) is 10.5 Å². The molecule has 0 heterocycles. The lowest BCUT2D eigenvalue weighted by Gasteiger charge is -2.22. The molecule has 1 aliphatic carbocycles. The van der Waals surface area contributed by atoms with Gasteiger partial charge in [-0.1, -0.05) is 18.2 Å². The third kappa shape index (κ3) is 4.80. The molecule has 2 rings (SSSR count). The van der Waals surface area contributed by atoms with Gasteiger partial charge in [0.25, 0.3) is 0 Å². The Kier molecular flexibility index (Phi) is 7.03. The molecule has 1 unspecified atom stereocenters. The van der Waals surface area contributed by atoms with Crippen LogP contribution in [0.1, 0.15) is 42.9 Å². The number of carbonyl (C=O) groups is 1. The Morgan fingerprint density at radius 3 is 2.95 bits per heavy atom. The highest BCUT2D eigenvalue weighted by Crippen LogP contribution is 2.22. The van der Waals surface area contributed by atoms with Crippen molar-refractivity contribution in [2.24, 2.45) is 5.73 Å². The fraction of sp³-hybridized carbons (Fsp3) is 0.562. The zero-order valence-electron chi connectivity index (χ0n) is 12.1. The van der Waals surface area contributed by atoms with Crippen LogP contribution < -0.4 is 5.73 Å². The van der Waals surface area contributed by atoms with Crippen molar-refractivity contribution in [3.63, 3.8) is 0 Å². The molecule has 0 aliphatic heterocycles. The van der Waals surface area contributed by atoms with Gasteiger partial charge in [-0.3, -0.25) is 4.79 Å². The van der Waals surface area contributed by atoms with E-state index in [1.54, 1.807) is 0 Å². The molecule has 0 saturated carbocycles. The van der Waals surface area contributed by atoms with Crippen LogP contribution in [0.5, 0.6) is 0 Å². The lowest BCUT2D eigenvalue weighted by molar-refractivity contribution is -0.143. The Labute approximate surface area is 127 Å². The number of hydrogen-bond acceptors (Lipinski definition) is 3. The summed E-state index contributed by atoms with van der Waals surface area (Å²) in [6.45, 7) is 2.31. The van der Waals surface area contributed by atoms with Gasteiger partial charge in [-0.25, -0.2) is 0 Å². The largest absolute Gasteiger partial charge is 0.466 e. The van der Waals surface area contributed by atoms with Crippen molar-refractivity contribution in [1.29, 1.82) is 0 Å². The van der Waals surface area contributed by atoms with Crippen LogP contribution in [-0.2, 0) is 28.8 Å². The monoisotopic (exact) mass is 297 g/mol. The van der Waals surface area contributed by atoms with Crippen molar-refractivity contribution in [3.05, 3.63) is 34.9 Å². The Morgan fingerprint density at radius 1 is 1.40 bits per heavy atom. The van der Waals surface area contributed by atoms with E-state index >= 15 is 0 Å². The second kappa shape index (κ2) is 8.28. The average molecular weight is 298 g/mol. The third-order valence-electron chi connectivity index (χ3n) is 3.69. The number of benzene rings is 1. The van der Waals surface area contributed by atoms with E-state index < -0.39 is 0 Å². The Balaban J connectivity index is 0.00000200. The summed E-state index contributed by atoms with van der Waals surface area (Å²) >= 11 is 0. The first-order valence-corrected chi connectivity index (χ1v) is 7.21. The summed E-state index contributed by atoms with van der Waals surface area (Å²) in [6.07, 6.45) is 5.46. The molecular weight excluding hydrogens is 274 g/mol. The van der Waals surface area contributed by atoms with Crippen molar-refractivity contribution >= 4 is 18.4 Å². The van der Waals surface area contributed by atoms with Crippen LogP contribution in [0.4, 0.5) is 0 Å². The summed E-state index contributed by atoms with van der Waals surface area (Å²) in [7, 11) is 0. The fourth-order valence-electron chi connectivity index (χ4n) is 2.66. The quantitative estimate of drug-likeness (QED) is 0.850. The lowest BCUT2D eigenvalue weighted by Crippen LogP contribution is -2.27. The van der Waals surface area contributed by atoms with E-state index in [-0.39, 0.29) is 18.4 Å². The van der Waals surface area contributed by atoms with Gasteiger partial charge in [-0.2, -0.15) is 0 Å². The van der Waals surface area contributed by atoms with Gasteiger partial charge in [0, 0.05) is 12.5 Å². The number of rotatable bonds is 5. The summed E-state index contributed by atoms with van der Waals surface area (Å²) in [4.78, 5) is 11.3. The first kappa shape index (κ1) is 17.0. The molecule has 0 aromatic heterocycles. The molecule has 1 aliphatic rings. The first-order valence-electron chi connectivity index (χ1n) is 7.21. The minimum Gasteiger partial charge on any atom is -0.466 e. The molecular formula is C16H24ClNO2. The van der Waals surface area contributed by atoms with Gasteiger partial charge in [-0.05, 0) is 55.7 Å². The molecule has 0 radical (unpaired) electrons. The van der Waals surface area contributed by atoms with Crippen molar-refractivity contribution in [1.82, 2.24) is 0 Å². The number of esters is 1. The van der Waals surface area contributed by atoms with E-state index in [2.05, 4.69) is 18.2 Å². The number of ether oxygens (including phenoxy) is 1. The summed E-state index contributed by atoms with van der Waals surface area (Å²) in [5, 5.41) is 0. The number of carbonyl (C=O) groups excluding carboxylic acids is 1. The molecule has 20 heavy (non-hydrogen) atoms. The Morgan fingerprint density at radius 2 is 2.20 bits per heavy atom. The summed E-state index contributed by atoms with van der Waals surface area (Å²) < 4.78 is 4.93. The molecule has 3 nitrogen and oxygen atoms in total. The van der Waals surface area contributed by atoms with Crippen LogP contribution in [0.2, 0.25) is 0 Å². The molecule has 0 spiro atoms. The van der Waals surface area contributed by atoms with Gasteiger partial charge >= 0.3 is 5.97 Å². The second-order valence-corrected chi connectivity index (χ2v) is 5.26. The van der Waals surface area contributed by atoms with Gasteiger partial charge in [0.05, 0.1) is 6.61 Å². The van der Waals surface area contributed by atoms with Crippen LogP contribution in [0.3, 0.4) is 0 Å². The minimum absolute atomic E-state index is 0. The number of nitrogens with two attached hydrogens (primary N) is 1. The van der Waals surface area contributed by atoms with Gasteiger partial charge in [0.15, 0.2) is 0 Å². The predicted molar refractivity (Wildman–Crippen MR) is 83.3 cm³/mol. The van der Waals surface area contributed by atoms with Crippen LogP contribution in [0.25, 0.3) is 0 Å². The number of hydrogen-bond donors (Lipinski definition) is 1. The van der Waals surface area contributed by atoms with Crippen molar-refractivity contribution < 1.29 is 9.53 Å². The Hall–Kier alpha value is -1.06. The molecule has 4 heteroatoms. The van der Waals surface area contributed by atoms with E-state index in [9.17, 15) is 4.79 Å². The van der Waals surface area contributed by atoms with Crippen LogP contribution >= 0.6 is 12.4 Å². The number of halogens is 1. The van der Waals surface area contributed by atoms with Gasteiger partial charge in [-0.15, -0.1) is 12.4 Å². The minimum atomic E-state index is -0.0949. The molecule has 0 fully saturated rings. The van der Waals surface area contributed by atoms with Gasteiger partial charge in [0.2, 0.25) is 0 Å². The molecule has 1 aromatic carbocycles. The highest BCUT2D eigenvalue weighted by atomic mass is 35.5. The SMILES string of the molecule is CCOC(=O)CCCc1ccc2c(c1)CC(N)CC2.Cl. The topological polar surface area (TPSA) is 52.3 Å². The second-order valence-electron chi connectivity index (χ2n) is 5.26. The Bertz CT molecular complexity index is 448. The smallest absolute Gasteiger partial charge is 0.305 e. The van der Waals surface area contributed by atoms with Crippen molar-refractivity contribution in [3.8, 4) is 0 Å². The van der Waals surface area contributed by atoms with E-state index in [1.165, 1.54) is 16.7 Å². The predicted octanol–water partition coefficient (Wildman–Crippen LogP) is 2.81. The number of fused-ring (bicyclic) bond motifs is 1. The summed E-state index contributed by atoms with van der Waals surface area (Å²) in [5.74, 6) is -0.0949.